The molecular weight excluding hydrogens is 269 g/mol. The summed E-state index contributed by atoms with van der Waals surface area (Å²) in [6.07, 6.45) is -2.64. The van der Waals surface area contributed by atoms with Gasteiger partial charge in [0.15, 0.2) is 5.78 Å². The Kier molecular flexibility index (Phi) is 4.48. The molecule has 0 heterocycles. The van der Waals surface area contributed by atoms with Crippen molar-refractivity contribution in [1.82, 2.24) is 0 Å². The lowest BCUT2D eigenvalue weighted by atomic mass is 9.78. The standard InChI is InChI=1S/C15H17F3O2/c1-2-20-11-7-10(8-11)9-14(19)12-5-3-4-6-13(12)15(16,17)18/h3-6,10-11H,2,7-9H2,1H3. The number of ketones is 1. The maximum absolute atomic E-state index is 12.8. The zero-order chi connectivity index (χ0) is 14.8. The van der Waals surface area contributed by atoms with Crippen LogP contribution in [0, 0.1) is 5.92 Å². The number of Topliss-reactive ketones (excluding diaryl/α,β-unsaturated/α-hetero) is 1. The van der Waals surface area contributed by atoms with Crippen LogP contribution < -0.4 is 0 Å². The van der Waals surface area contributed by atoms with E-state index in [1.165, 1.54) is 18.2 Å². The normalized spacial score (nSPS) is 22.4. The number of hydrogen-bond acceptors (Lipinski definition) is 2. The first-order chi connectivity index (χ1) is 9.41. The maximum Gasteiger partial charge on any atom is 0.417 e. The number of carbonyl (C=O) groups excluding carboxylic acids is 1. The van der Waals surface area contributed by atoms with Crippen LogP contribution in [0.1, 0.15) is 42.1 Å². The van der Waals surface area contributed by atoms with Crippen LogP contribution in [-0.2, 0) is 10.9 Å². The summed E-state index contributed by atoms with van der Waals surface area (Å²) in [6, 6.07) is 4.97. The molecule has 2 rings (SSSR count). The molecule has 0 bridgehead atoms. The van der Waals surface area contributed by atoms with Crippen LogP contribution in [0.25, 0.3) is 0 Å². The number of ether oxygens (including phenoxy) is 1. The summed E-state index contributed by atoms with van der Waals surface area (Å²) in [5.41, 5.74) is -1.06. The summed E-state index contributed by atoms with van der Waals surface area (Å²) in [6.45, 7) is 2.53. The van der Waals surface area contributed by atoms with E-state index in [2.05, 4.69) is 0 Å². The molecule has 1 aromatic rings. The quantitative estimate of drug-likeness (QED) is 0.762. The third-order valence-electron chi connectivity index (χ3n) is 3.60. The molecule has 0 aliphatic heterocycles. The van der Waals surface area contributed by atoms with Crippen molar-refractivity contribution in [2.45, 2.75) is 38.5 Å². The zero-order valence-electron chi connectivity index (χ0n) is 11.2. The van der Waals surface area contributed by atoms with Crippen LogP contribution in [0.4, 0.5) is 13.2 Å². The second-order valence-electron chi connectivity index (χ2n) is 5.09. The van der Waals surface area contributed by atoms with E-state index < -0.39 is 17.5 Å². The van der Waals surface area contributed by atoms with Crippen LogP contribution in [0.5, 0.6) is 0 Å². The van der Waals surface area contributed by atoms with E-state index in [1.54, 1.807) is 0 Å². The van der Waals surface area contributed by atoms with Crippen molar-refractivity contribution in [2.24, 2.45) is 5.92 Å². The number of rotatable bonds is 5. The first kappa shape index (κ1) is 15.0. The van der Waals surface area contributed by atoms with Gasteiger partial charge in [0.05, 0.1) is 11.7 Å². The molecule has 0 N–H and O–H groups in total. The second-order valence-corrected chi connectivity index (χ2v) is 5.09. The minimum atomic E-state index is -4.49. The van der Waals surface area contributed by atoms with Gasteiger partial charge in [-0.05, 0) is 31.7 Å². The largest absolute Gasteiger partial charge is 0.417 e. The third kappa shape index (κ3) is 3.39. The Labute approximate surface area is 115 Å². The van der Waals surface area contributed by atoms with Gasteiger partial charge in [0.1, 0.15) is 0 Å². The van der Waals surface area contributed by atoms with Crippen molar-refractivity contribution < 1.29 is 22.7 Å². The highest BCUT2D eigenvalue weighted by molar-refractivity contribution is 5.97. The second kappa shape index (κ2) is 5.95. The summed E-state index contributed by atoms with van der Waals surface area (Å²) >= 11 is 0. The van der Waals surface area contributed by atoms with Crippen molar-refractivity contribution in [3.05, 3.63) is 35.4 Å². The van der Waals surface area contributed by atoms with E-state index in [1.807, 2.05) is 6.92 Å². The van der Waals surface area contributed by atoms with Gasteiger partial charge in [0.2, 0.25) is 0 Å². The van der Waals surface area contributed by atoms with Crippen LogP contribution in [0.15, 0.2) is 24.3 Å². The molecule has 1 aliphatic carbocycles. The van der Waals surface area contributed by atoms with Gasteiger partial charge in [-0.15, -0.1) is 0 Å². The molecule has 0 saturated heterocycles. The minimum Gasteiger partial charge on any atom is -0.378 e. The number of alkyl halides is 3. The van der Waals surface area contributed by atoms with E-state index >= 15 is 0 Å². The van der Waals surface area contributed by atoms with Crippen molar-refractivity contribution in [3.63, 3.8) is 0 Å². The predicted molar refractivity (Wildman–Crippen MR) is 68.5 cm³/mol. The summed E-state index contributed by atoms with van der Waals surface area (Å²) in [4.78, 5) is 12.0. The van der Waals surface area contributed by atoms with E-state index in [0.717, 1.165) is 18.9 Å². The van der Waals surface area contributed by atoms with Crippen LogP contribution in [0.2, 0.25) is 0 Å². The van der Waals surface area contributed by atoms with Crippen molar-refractivity contribution in [1.29, 1.82) is 0 Å². The van der Waals surface area contributed by atoms with Crippen LogP contribution in [0.3, 0.4) is 0 Å². The molecular formula is C15H17F3O2. The Balaban J connectivity index is 2.01. The van der Waals surface area contributed by atoms with E-state index in [9.17, 15) is 18.0 Å². The molecule has 0 amide bonds. The number of benzene rings is 1. The first-order valence-corrected chi connectivity index (χ1v) is 6.72. The molecule has 20 heavy (non-hydrogen) atoms. The minimum absolute atomic E-state index is 0.139. The Hall–Kier alpha value is -1.36. The Bertz CT molecular complexity index is 476. The molecule has 1 fully saturated rings. The van der Waals surface area contributed by atoms with Gasteiger partial charge in [-0.3, -0.25) is 4.79 Å². The number of carbonyl (C=O) groups is 1. The Morgan fingerprint density at radius 1 is 1.30 bits per heavy atom. The molecule has 0 spiro atoms. The highest BCUT2D eigenvalue weighted by Gasteiger charge is 2.36. The van der Waals surface area contributed by atoms with Gasteiger partial charge in [-0.25, -0.2) is 0 Å². The zero-order valence-corrected chi connectivity index (χ0v) is 11.2. The summed E-state index contributed by atoms with van der Waals surface area (Å²) in [5, 5.41) is 0. The Morgan fingerprint density at radius 2 is 1.95 bits per heavy atom. The smallest absolute Gasteiger partial charge is 0.378 e. The van der Waals surface area contributed by atoms with Gasteiger partial charge in [-0.1, -0.05) is 18.2 Å². The molecule has 0 aromatic heterocycles. The fraction of sp³-hybridized carbons (Fsp3) is 0.533. The third-order valence-corrected chi connectivity index (χ3v) is 3.60. The van der Waals surface area contributed by atoms with Gasteiger partial charge in [0, 0.05) is 18.6 Å². The van der Waals surface area contributed by atoms with E-state index in [-0.39, 0.29) is 24.0 Å². The highest BCUT2D eigenvalue weighted by atomic mass is 19.4. The molecule has 0 unspecified atom stereocenters. The van der Waals surface area contributed by atoms with Crippen molar-refractivity contribution >= 4 is 5.78 Å². The average Bonchev–Trinajstić information content (AvgIpc) is 2.35. The Morgan fingerprint density at radius 3 is 2.55 bits per heavy atom. The molecule has 1 aliphatic rings. The van der Waals surface area contributed by atoms with E-state index in [0.29, 0.717) is 6.61 Å². The van der Waals surface area contributed by atoms with Gasteiger partial charge in [0.25, 0.3) is 0 Å². The lowest BCUT2D eigenvalue weighted by Gasteiger charge is -2.34. The topological polar surface area (TPSA) is 26.3 Å². The maximum atomic E-state index is 12.8. The van der Waals surface area contributed by atoms with Crippen molar-refractivity contribution in [3.8, 4) is 0 Å². The van der Waals surface area contributed by atoms with Gasteiger partial charge < -0.3 is 4.74 Å². The SMILES string of the molecule is CCOC1CC(CC(=O)c2ccccc2C(F)(F)F)C1. The monoisotopic (exact) mass is 286 g/mol. The first-order valence-electron chi connectivity index (χ1n) is 6.72. The molecule has 2 nitrogen and oxygen atoms in total. The summed E-state index contributed by atoms with van der Waals surface area (Å²) in [7, 11) is 0. The number of halogens is 3. The van der Waals surface area contributed by atoms with Gasteiger partial charge in [-0.2, -0.15) is 13.2 Å². The predicted octanol–water partition coefficient (Wildman–Crippen LogP) is 4.09. The fourth-order valence-electron chi connectivity index (χ4n) is 2.56. The molecule has 0 radical (unpaired) electrons. The molecule has 1 saturated carbocycles. The molecule has 110 valence electrons. The van der Waals surface area contributed by atoms with Gasteiger partial charge >= 0.3 is 6.18 Å². The highest BCUT2D eigenvalue weighted by Crippen LogP contribution is 2.36. The number of hydrogen-bond donors (Lipinski definition) is 0. The van der Waals surface area contributed by atoms with E-state index in [4.69, 9.17) is 4.74 Å². The summed E-state index contributed by atoms with van der Waals surface area (Å²) < 4.78 is 43.9. The van der Waals surface area contributed by atoms with Crippen LogP contribution >= 0.6 is 0 Å². The fourth-order valence-corrected chi connectivity index (χ4v) is 2.56. The molecule has 5 heteroatoms. The molecule has 0 atom stereocenters. The molecule has 1 aromatic carbocycles. The van der Waals surface area contributed by atoms with Crippen molar-refractivity contribution in [2.75, 3.05) is 6.61 Å². The lowest BCUT2D eigenvalue weighted by Crippen LogP contribution is -2.33. The van der Waals surface area contributed by atoms with Crippen LogP contribution in [-0.4, -0.2) is 18.5 Å². The lowest BCUT2D eigenvalue weighted by molar-refractivity contribution is -0.137. The summed E-state index contributed by atoms with van der Waals surface area (Å²) in [5.74, 6) is -0.293. The average molecular weight is 286 g/mol.